The van der Waals surface area contributed by atoms with Crippen LogP contribution in [-0.2, 0) is 36.9 Å². The topological polar surface area (TPSA) is 160 Å². The minimum atomic E-state index is -1.17. The molecule has 3 atom stereocenters. The van der Waals surface area contributed by atoms with E-state index in [1.807, 2.05) is 5.51 Å². The number of hydrogen-bond acceptors (Lipinski definition) is 11. The van der Waals surface area contributed by atoms with Crippen molar-refractivity contribution in [2.24, 2.45) is 5.16 Å². The lowest BCUT2D eigenvalue weighted by atomic mass is 9.99. The summed E-state index contributed by atoms with van der Waals surface area (Å²) in [5.74, 6) is -1.91. The number of aliphatic carboxylic acids is 1. The summed E-state index contributed by atoms with van der Waals surface area (Å²) < 4.78 is 7.68. The van der Waals surface area contributed by atoms with Crippen molar-refractivity contribution < 1.29 is 33.6 Å². The van der Waals surface area contributed by atoms with Gasteiger partial charge in [0.15, 0.2) is 23.1 Å². The van der Waals surface area contributed by atoms with Crippen molar-refractivity contribution in [3.63, 3.8) is 0 Å². The minimum Gasteiger partial charge on any atom is -0.477 e. The molecule has 37 heavy (non-hydrogen) atoms. The molecule has 0 bridgehead atoms. The van der Waals surface area contributed by atoms with Crippen LogP contribution in [0.15, 0.2) is 27.3 Å². The zero-order chi connectivity index (χ0) is 26.3. The number of fused-ring (bicyclic) bond motifs is 2. The van der Waals surface area contributed by atoms with Crippen LogP contribution in [0, 0.1) is 0 Å². The van der Waals surface area contributed by atoms with Gasteiger partial charge in [-0.15, -0.1) is 23.1 Å². The maximum absolute atomic E-state index is 13.1. The molecule has 1 unspecified atom stereocenters. The zero-order valence-electron chi connectivity index (χ0n) is 20.0. The second-order valence-electron chi connectivity index (χ2n) is 8.59. The smallest absolute Gasteiger partial charge is 0.352 e. The first kappa shape index (κ1) is 25.6. The summed E-state index contributed by atoms with van der Waals surface area (Å²) in [7, 11) is 2.99. The van der Waals surface area contributed by atoms with Crippen LogP contribution in [0.2, 0.25) is 0 Å². The van der Waals surface area contributed by atoms with E-state index in [1.54, 1.807) is 23.8 Å². The molecule has 2 aromatic rings. The van der Waals surface area contributed by atoms with E-state index in [0.717, 1.165) is 36.3 Å². The molecule has 1 saturated heterocycles. The van der Waals surface area contributed by atoms with E-state index < -0.39 is 29.2 Å². The summed E-state index contributed by atoms with van der Waals surface area (Å²) in [6, 6.07) is -0.907. The van der Waals surface area contributed by atoms with Crippen molar-refractivity contribution in [1.82, 2.24) is 15.2 Å². The molecule has 0 saturated carbocycles. The second-order valence-corrected chi connectivity index (χ2v) is 11.5. The Balaban J connectivity index is 1.35. The Labute approximate surface area is 224 Å². The van der Waals surface area contributed by atoms with Gasteiger partial charge in [0.05, 0.1) is 6.10 Å². The fourth-order valence-electron chi connectivity index (χ4n) is 4.78. The van der Waals surface area contributed by atoms with Crippen LogP contribution in [0.1, 0.15) is 35.2 Å². The number of nitrogen functional groups attached to an aromatic ring is 1. The summed E-state index contributed by atoms with van der Waals surface area (Å²) in [5.41, 5.74) is 9.54. The fourth-order valence-corrected chi connectivity index (χ4v) is 7.82. The molecule has 4 heterocycles. The van der Waals surface area contributed by atoms with Gasteiger partial charge in [0.25, 0.3) is 11.8 Å². The molecule has 0 spiro atoms. The van der Waals surface area contributed by atoms with E-state index in [9.17, 15) is 19.5 Å². The highest BCUT2D eigenvalue weighted by molar-refractivity contribution is 8.00. The highest BCUT2D eigenvalue weighted by Crippen LogP contribution is 2.41. The number of carbonyl (C=O) groups excluding carboxylic acids is 2. The quantitative estimate of drug-likeness (QED) is 0.183. The van der Waals surface area contributed by atoms with Gasteiger partial charge in [-0.1, -0.05) is 16.5 Å². The Morgan fingerprint density at radius 3 is 2.86 bits per heavy atom. The number of carbonyl (C=O) groups is 3. The van der Waals surface area contributed by atoms with E-state index >= 15 is 0 Å². The van der Waals surface area contributed by atoms with Crippen LogP contribution in [0.25, 0.3) is 0 Å². The molecule has 3 aliphatic rings. The van der Waals surface area contributed by atoms with E-state index in [-0.39, 0.29) is 28.3 Å². The molecule has 2 aliphatic heterocycles. The number of rotatable bonds is 8. The number of nitrogens with two attached hydrogens (primary N) is 1. The van der Waals surface area contributed by atoms with Crippen molar-refractivity contribution in [3.05, 3.63) is 38.4 Å². The van der Waals surface area contributed by atoms with Crippen LogP contribution < -0.4 is 15.6 Å². The standard InChI is InChI=1S/C22H24N6O6S3/c1-33-13-5-3-4-12-17(13)37-9-27(12)6-10-7-35-20-15(19(30)28(20)16(10)21(31)32)25-18(29)14(26-34-2)11-8-36-22(23)24-11/h8-9,13,15,20H,3-7H2,1-2H3,(H3-,23,24,25,29,31,32)/p+1/t13?,15-,20+/m1/s1. The van der Waals surface area contributed by atoms with Gasteiger partial charge in [-0.2, -0.15) is 4.57 Å². The Hall–Kier alpha value is -3.01. The monoisotopic (exact) mass is 565 g/mol. The van der Waals surface area contributed by atoms with E-state index in [2.05, 4.69) is 20.0 Å². The summed E-state index contributed by atoms with van der Waals surface area (Å²) in [5, 5.41) is 17.7. The van der Waals surface area contributed by atoms with Crippen LogP contribution in [0.3, 0.4) is 0 Å². The number of carboxylic acid groups (broad SMARTS) is 1. The van der Waals surface area contributed by atoms with E-state index in [1.165, 1.54) is 28.6 Å². The van der Waals surface area contributed by atoms with Crippen molar-refractivity contribution in [2.75, 3.05) is 25.7 Å². The van der Waals surface area contributed by atoms with Crippen LogP contribution in [-0.4, -0.2) is 69.9 Å². The number of amides is 2. The van der Waals surface area contributed by atoms with Gasteiger partial charge in [-0.25, -0.2) is 9.78 Å². The summed E-state index contributed by atoms with van der Waals surface area (Å²) in [6.07, 6.45) is 2.92. The van der Waals surface area contributed by atoms with Crippen molar-refractivity contribution in [3.8, 4) is 0 Å². The largest absolute Gasteiger partial charge is 0.477 e. The van der Waals surface area contributed by atoms with Crippen molar-refractivity contribution in [1.29, 1.82) is 0 Å². The molecule has 5 rings (SSSR count). The maximum atomic E-state index is 13.1. The molecule has 15 heteroatoms. The van der Waals surface area contributed by atoms with Gasteiger partial charge in [-0.3, -0.25) is 14.5 Å². The van der Waals surface area contributed by atoms with Gasteiger partial charge in [0.2, 0.25) is 5.51 Å². The van der Waals surface area contributed by atoms with Crippen molar-refractivity contribution >= 4 is 63.1 Å². The number of nitrogens with one attached hydrogen (secondary N) is 1. The van der Waals surface area contributed by atoms with Gasteiger partial charge in [0.1, 0.15) is 34.8 Å². The highest BCUT2D eigenvalue weighted by atomic mass is 32.2. The lowest BCUT2D eigenvalue weighted by molar-refractivity contribution is -0.692. The number of hydrogen-bond donors (Lipinski definition) is 3. The summed E-state index contributed by atoms with van der Waals surface area (Å²) in [4.78, 5) is 49.6. The minimum absolute atomic E-state index is 0.0242. The molecule has 196 valence electrons. The van der Waals surface area contributed by atoms with Gasteiger partial charge < -0.3 is 25.7 Å². The molecule has 2 amide bonds. The predicted molar refractivity (Wildman–Crippen MR) is 137 cm³/mol. The number of β-lactam (4-membered cyclic amide) rings is 1. The molecule has 0 aromatic carbocycles. The molecule has 0 radical (unpaired) electrons. The Morgan fingerprint density at radius 1 is 1.38 bits per heavy atom. The number of aromatic nitrogens is 2. The fraction of sp³-hybridized carbons (Fsp3) is 0.455. The van der Waals surface area contributed by atoms with E-state index in [4.69, 9.17) is 15.3 Å². The Morgan fingerprint density at radius 2 is 2.19 bits per heavy atom. The average Bonchev–Trinajstić information content (AvgIpc) is 3.51. The van der Waals surface area contributed by atoms with Crippen LogP contribution >= 0.6 is 34.4 Å². The number of thioether (sulfide) groups is 1. The van der Waals surface area contributed by atoms with Gasteiger partial charge in [0, 0.05) is 30.2 Å². The molecular weight excluding hydrogens is 540 g/mol. The van der Waals surface area contributed by atoms with Crippen molar-refractivity contribution in [2.45, 2.75) is 43.3 Å². The maximum Gasteiger partial charge on any atom is 0.352 e. The molecule has 4 N–H and O–H groups in total. The number of oxime groups is 1. The first-order valence-corrected chi connectivity index (χ1v) is 14.2. The van der Waals surface area contributed by atoms with Crippen LogP contribution in [0.5, 0.6) is 0 Å². The number of ether oxygens (including phenoxy) is 1. The van der Waals surface area contributed by atoms with E-state index in [0.29, 0.717) is 17.9 Å². The number of thiazole rings is 2. The zero-order valence-corrected chi connectivity index (χ0v) is 22.5. The predicted octanol–water partition coefficient (Wildman–Crippen LogP) is 0.887. The average molecular weight is 566 g/mol. The lowest BCUT2D eigenvalue weighted by Gasteiger charge is -2.49. The molecular formula is C22H25N6O6S3+. The molecule has 1 aliphatic carbocycles. The summed E-state index contributed by atoms with van der Waals surface area (Å²) in [6.45, 7) is 0.375. The Kier molecular flexibility index (Phi) is 7.20. The number of methoxy groups -OCH3 is 1. The first-order chi connectivity index (χ1) is 17.8. The third kappa shape index (κ3) is 4.60. The third-order valence-corrected chi connectivity index (χ3v) is 9.58. The number of nitrogens with zero attached hydrogens (tertiary/aromatic N) is 4. The normalized spacial score (nSPS) is 23.3. The first-order valence-electron chi connectivity index (χ1n) is 11.4. The molecule has 1 fully saturated rings. The number of anilines is 1. The molecule has 2 aromatic heterocycles. The molecule has 12 nitrogen and oxygen atoms in total. The Bertz CT molecular complexity index is 1320. The number of carboxylic acids is 1. The SMILES string of the molecule is CON=C(C(=O)N[C@@H]1C(=O)N2C(C(=O)O)=C(C[n+]3csc4c3CCCC4OC)CS[C@@H]12)c1csc(N)n1. The van der Waals surface area contributed by atoms with Gasteiger partial charge >= 0.3 is 5.97 Å². The highest BCUT2D eigenvalue weighted by Gasteiger charge is 2.55. The lowest BCUT2D eigenvalue weighted by Crippen LogP contribution is -2.71. The van der Waals surface area contributed by atoms with Crippen LogP contribution in [0.4, 0.5) is 5.13 Å². The third-order valence-electron chi connectivity index (χ3n) is 6.45. The van der Waals surface area contributed by atoms with Gasteiger partial charge in [-0.05, 0) is 12.8 Å². The summed E-state index contributed by atoms with van der Waals surface area (Å²) >= 11 is 4.17. The second kappa shape index (κ2) is 10.4.